The highest BCUT2D eigenvalue weighted by molar-refractivity contribution is 6.27. The third-order valence-corrected chi connectivity index (χ3v) is 2.57. The molecule has 0 aliphatic rings. The molecule has 0 heterocycles. The van der Waals surface area contributed by atoms with Gasteiger partial charge in [-0.05, 0) is 12.5 Å². The quantitative estimate of drug-likeness (QED) is 0.352. The van der Waals surface area contributed by atoms with Gasteiger partial charge in [0, 0.05) is 26.2 Å². The molecule has 0 atom stereocenters. The van der Waals surface area contributed by atoms with E-state index in [2.05, 4.69) is 17.2 Å². The maximum absolute atomic E-state index is 11.1. The highest BCUT2D eigenvalue weighted by atomic mass is 28.2. The number of hydrogen-bond acceptors (Lipinski definition) is 3. The summed E-state index contributed by atoms with van der Waals surface area (Å²) in [6.45, 7) is 5.52. The minimum absolute atomic E-state index is 0.0263. The minimum Gasteiger partial charge on any atom is -0.425 e. The standard InChI is InChI=1S/C9H18N2O3Si/c1-7(2)8(12)4-5-10-9(13)11-6-15-14-3/h1,4-6,15H2,2-3H3,(H2,10,11,13). The molecule has 0 rings (SSSR count). The molecule has 0 aliphatic heterocycles. The number of nitrogens with one attached hydrogen (secondary N) is 2. The van der Waals surface area contributed by atoms with Gasteiger partial charge in [0.2, 0.25) is 0 Å². The van der Waals surface area contributed by atoms with Crippen LogP contribution in [0.5, 0.6) is 0 Å². The first-order valence-corrected chi connectivity index (χ1v) is 6.35. The van der Waals surface area contributed by atoms with E-state index in [0.717, 1.165) is 0 Å². The van der Waals surface area contributed by atoms with Crippen LogP contribution in [0, 0.1) is 0 Å². The SMILES string of the molecule is C=C(C)C(=O)CCNC(=O)NC[SiH2]OC. The lowest BCUT2D eigenvalue weighted by atomic mass is 10.2. The first kappa shape index (κ1) is 13.9. The molecular weight excluding hydrogens is 212 g/mol. The predicted octanol–water partition coefficient (Wildman–Crippen LogP) is -0.491. The molecule has 0 saturated carbocycles. The summed E-state index contributed by atoms with van der Waals surface area (Å²) in [6, 6.07) is -0.255. The Hall–Kier alpha value is -1.14. The van der Waals surface area contributed by atoms with Gasteiger partial charge in [0.05, 0.1) is 0 Å². The molecule has 6 heteroatoms. The summed E-state index contributed by atoms with van der Waals surface area (Å²) in [4.78, 5) is 22.2. The van der Waals surface area contributed by atoms with Crippen LogP contribution in [0.1, 0.15) is 13.3 Å². The highest BCUT2D eigenvalue weighted by Gasteiger charge is 2.03. The van der Waals surface area contributed by atoms with Crippen LogP contribution < -0.4 is 10.6 Å². The van der Waals surface area contributed by atoms with Crippen LogP contribution >= 0.6 is 0 Å². The molecule has 0 unspecified atom stereocenters. The summed E-state index contributed by atoms with van der Waals surface area (Å²) >= 11 is 0. The second kappa shape index (κ2) is 8.19. The third-order valence-electron chi connectivity index (χ3n) is 1.71. The molecule has 15 heavy (non-hydrogen) atoms. The number of urea groups is 1. The Morgan fingerprint density at radius 2 is 2.07 bits per heavy atom. The molecule has 0 saturated heterocycles. The van der Waals surface area contributed by atoms with Crippen LogP contribution in [0.25, 0.3) is 0 Å². The average molecular weight is 230 g/mol. The third kappa shape index (κ3) is 7.89. The second-order valence-corrected chi connectivity index (χ2v) is 4.61. The van der Waals surface area contributed by atoms with Gasteiger partial charge in [0.25, 0.3) is 0 Å². The van der Waals surface area contributed by atoms with E-state index in [0.29, 0.717) is 24.7 Å². The molecule has 0 aromatic heterocycles. The van der Waals surface area contributed by atoms with Crippen molar-refractivity contribution in [1.82, 2.24) is 10.6 Å². The Bertz CT molecular complexity index is 244. The fourth-order valence-electron chi connectivity index (χ4n) is 0.832. The normalized spacial score (nSPS) is 10.3. The number of allylic oxidation sites excluding steroid dienone is 1. The molecule has 0 spiro atoms. The van der Waals surface area contributed by atoms with E-state index < -0.39 is 9.76 Å². The summed E-state index contributed by atoms with van der Waals surface area (Å²) in [5.74, 6) is -0.0263. The van der Waals surface area contributed by atoms with Gasteiger partial charge in [-0.1, -0.05) is 6.58 Å². The average Bonchev–Trinajstić information content (AvgIpc) is 2.18. The van der Waals surface area contributed by atoms with Crippen LogP contribution in [0.4, 0.5) is 4.79 Å². The van der Waals surface area contributed by atoms with Crippen molar-refractivity contribution in [1.29, 1.82) is 0 Å². The smallest absolute Gasteiger partial charge is 0.314 e. The predicted molar refractivity (Wildman–Crippen MR) is 61.4 cm³/mol. The Morgan fingerprint density at radius 1 is 1.40 bits per heavy atom. The zero-order chi connectivity index (χ0) is 11.7. The number of Topliss-reactive ketones (excluding diaryl/α,β-unsaturated/α-hetero) is 1. The van der Waals surface area contributed by atoms with Gasteiger partial charge in [-0.2, -0.15) is 0 Å². The number of carbonyl (C=O) groups is 2. The van der Waals surface area contributed by atoms with E-state index in [9.17, 15) is 9.59 Å². The van der Waals surface area contributed by atoms with E-state index in [1.165, 1.54) is 0 Å². The van der Waals surface area contributed by atoms with Crippen LogP contribution in [-0.4, -0.2) is 41.4 Å². The summed E-state index contributed by atoms with van der Waals surface area (Å²) in [6.07, 6.45) is 0.890. The lowest BCUT2D eigenvalue weighted by Gasteiger charge is -2.06. The van der Waals surface area contributed by atoms with E-state index >= 15 is 0 Å². The molecule has 0 aromatic rings. The van der Waals surface area contributed by atoms with Crippen molar-refractivity contribution in [2.24, 2.45) is 0 Å². The first-order chi connectivity index (χ1) is 7.07. The zero-order valence-corrected chi connectivity index (χ0v) is 10.7. The Morgan fingerprint density at radius 3 is 2.60 bits per heavy atom. The summed E-state index contributed by atoms with van der Waals surface area (Å²) in [7, 11) is 0.996. The van der Waals surface area contributed by atoms with Gasteiger partial charge in [-0.15, -0.1) is 0 Å². The summed E-state index contributed by atoms with van der Waals surface area (Å²) in [5, 5.41) is 5.22. The van der Waals surface area contributed by atoms with Crippen molar-refractivity contribution < 1.29 is 14.0 Å². The van der Waals surface area contributed by atoms with E-state index in [-0.39, 0.29) is 11.8 Å². The largest absolute Gasteiger partial charge is 0.425 e. The van der Waals surface area contributed by atoms with E-state index in [1.54, 1.807) is 14.0 Å². The molecule has 0 fully saturated rings. The van der Waals surface area contributed by atoms with Gasteiger partial charge < -0.3 is 15.1 Å². The molecule has 2 amide bonds. The van der Waals surface area contributed by atoms with E-state index in [1.807, 2.05) is 0 Å². The Labute approximate surface area is 92.2 Å². The van der Waals surface area contributed by atoms with Crippen molar-refractivity contribution in [2.45, 2.75) is 13.3 Å². The molecule has 0 radical (unpaired) electrons. The van der Waals surface area contributed by atoms with Gasteiger partial charge in [-0.3, -0.25) is 4.79 Å². The lowest BCUT2D eigenvalue weighted by molar-refractivity contribution is -0.115. The van der Waals surface area contributed by atoms with Crippen molar-refractivity contribution in [2.75, 3.05) is 19.8 Å². The fraction of sp³-hybridized carbons (Fsp3) is 0.556. The Balaban J connectivity index is 3.47. The van der Waals surface area contributed by atoms with Gasteiger partial charge in [-0.25, -0.2) is 4.79 Å². The molecular formula is C9H18N2O3Si. The number of carbonyl (C=O) groups excluding carboxylic acids is 2. The van der Waals surface area contributed by atoms with Gasteiger partial charge in [0.1, 0.15) is 0 Å². The monoisotopic (exact) mass is 230 g/mol. The molecule has 5 nitrogen and oxygen atoms in total. The van der Waals surface area contributed by atoms with Gasteiger partial charge >= 0.3 is 6.03 Å². The molecule has 0 aliphatic carbocycles. The number of hydrogen-bond donors (Lipinski definition) is 2. The zero-order valence-electron chi connectivity index (χ0n) is 9.26. The maximum atomic E-state index is 11.1. The van der Waals surface area contributed by atoms with Crippen LogP contribution in [0.2, 0.25) is 0 Å². The first-order valence-electron chi connectivity index (χ1n) is 4.77. The molecule has 0 aromatic carbocycles. The van der Waals surface area contributed by atoms with Gasteiger partial charge in [0.15, 0.2) is 15.5 Å². The summed E-state index contributed by atoms with van der Waals surface area (Å²) < 4.78 is 4.90. The van der Waals surface area contributed by atoms with Crippen molar-refractivity contribution in [3.63, 3.8) is 0 Å². The molecule has 2 N–H and O–H groups in total. The number of rotatable bonds is 7. The topological polar surface area (TPSA) is 67.4 Å². The minimum atomic E-state index is -0.626. The second-order valence-electron chi connectivity index (χ2n) is 3.13. The summed E-state index contributed by atoms with van der Waals surface area (Å²) in [5.41, 5.74) is 0.518. The van der Waals surface area contributed by atoms with Crippen LogP contribution in [-0.2, 0) is 9.22 Å². The van der Waals surface area contributed by atoms with E-state index in [4.69, 9.17) is 4.43 Å². The number of ketones is 1. The van der Waals surface area contributed by atoms with Crippen molar-refractivity contribution >= 4 is 21.6 Å². The van der Waals surface area contributed by atoms with Crippen molar-refractivity contribution in [3.8, 4) is 0 Å². The lowest BCUT2D eigenvalue weighted by Crippen LogP contribution is -2.38. The van der Waals surface area contributed by atoms with Crippen LogP contribution in [0.15, 0.2) is 12.2 Å². The van der Waals surface area contributed by atoms with Crippen LogP contribution in [0.3, 0.4) is 0 Å². The number of amides is 2. The highest BCUT2D eigenvalue weighted by Crippen LogP contribution is 1.93. The maximum Gasteiger partial charge on any atom is 0.314 e. The van der Waals surface area contributed by atoms with Crippen molar-refractivity contribution in [3.05, 3.63) is 12.2 Å². The molecule has 0 bridgehead atoms. The Kier molecular flexibility index (Phi) is 7.56. The fourth-order valence-corrected chi connectivity index (χ4v) is 1.37. The molecule has 86 valence electrons.